The predicted octanol–water partition coefficient (Wildman–Crippen LogP) is 3.35. The lowest BCUT2D eigenvalue weighted by molar-refractivity contribution is -0.146. The molecule has 21 heavy (non-hydrogen) atoms. The van der Waals surface area contributed by atoms with Gasteiger partial charge in [-0.15, -0.1) is 0 Å². The average molecular weight is 358 g/mol. The molecule has 0 aliphatic heterocycles. The van der Waals surface area contributed by atoms with Crippen LogP contribution in [-0.2, 0) is 4.79 Å². The molecule has 0 aromatic heterocycles. The minimum atomic E-state index is -1.22. The number of carboxylic acids is 1. The van der Waals surface area contributed by atoms with Crippen molar-refractivity contribution in [2.75, 3.05) is 0 Å². The minimum absolute atomic E-state index is 0.232. The first-order valence-corrected chi connectivity index (χ1v) is 7.64. The summed E-state index contributed by atoms with van der Waals surface area (Å²) in [4.78, 5) is 23.9. The molecule has 0 atom stereocenters. The van der Waals surface area contributed by atoms with Gasteiger partial charge in [-0.2, -0.15) is 0 Å². The molecule has 0 bridgehead atoms. The number of hydrogen-bond donors (Lipinski definition) is 2. The van der Waals surface area contributed by atoms with Gasteiger partial charge in [0, 0.05) is 4.47 Å². The van der Waals surface area contributed by atoms with Gasteiger partial charge < -0.3 is 10.4 Å². The van der Waals surface area contributed by atoms with E-state index in [1.165, 1.54) is 18.2 Å². The zero-order valence-corrected chi connectivity index (χ0v) is 13.2. The van der Waals surface area contributed by atoms with E-state index in [1.54, 1.807) is 0 Å². The number of carbonyl (C=O) groups excluding carboxylic acids is 1. The van der Waals surface area contributed by atoms with Gasteiger partial charge in [0.1, 0.15) is 11.4 Å². The van der Waals surface area contributed by atoms with Crippen molar-refractivity contribution in [3.63, 3.8) is 0 Å². The molecule has 1 saturated carbocycles. The topological polar surface area (TPSA) is 66.4 Å². The van der Waals surface area contributed by atoms with E-state index in [0.717, 1.165) is 12.8 Å². The summed E-state index contributed by atoms with van der Waals surface area (Å²) in [6.07, 6.45) is 2.34. The van der Waals surface area contributed by atoms with Crippen molar-refractivity contribution in [3.05, 3.63) is 34.1 Å². The van der Waals surface area contributed by atoms with Crippen LogP contribution in [0.5, 0.6) is 0 Å². The average Bonchev–Trinajstić information content (AvgIpc) is 2.41. The fourth-order valence-electron chi connectivity index (χ4n) is 2.61. The Labute approximate surface area is 130 Å². The summed E-state index contributed by atoms with van der Waals surface area (Å²) in [6, 6.07) is 3.71. The van der Waals surface area contributed by atoms with Crippen LogP contribution in [0.1, 0.15) is 43.0 Å². The normalized spacial score (nSPS) is 25.4. The van der Waals surface area contributed by atoms with Crippen LogP contribution in [0.4, 0.5) is 4.39 Å². The van der Waals surface area contributed by atoms with E-state index in [0.29, 0.717) is 23.2 Å². The summed E-state index contributed by atoms with van der Waals surface area (Å²) in [5.41, 5.74) is -0.993. The van der Waals surface area contributed by atoms with Crippen molar-refractivity contribution in [1.29, 1.82) is 0 Å². The number of carboxylic acid groups (broad SMARTS) is 1. The molecule has 0 spiro atoms. The largest absolute Gasteiger partial charge is 0.480 e. The van der Waals surface area contributed by atoms with Gasteiger partial charge in [-0.25, -0.2) is 9.18 Å². The third-order valence-electron chi connectivity index (χ3n) is 4.07. The summed E-state index contributed by atoms with van der Waals surface area (Å²) < 4.78 is 13.4. The van der Waals surface area contributed by atoms with Gasteiger partial charge in [0.2, 0.25) is 0 Å². The maximum absolute atomic E-state index is 13.1. The summed E-state index contributed by atoms with van der Waals surface area (Å²) >= 11 is 3.13. The second-order valence-electron chi connectivity index (χ2n) is 5.65. The van der Waals surface area contributed by atoms with Crippen LogP contribution < -0.4 is 5.32 Å². The Kier molecular flexibility index (Phi) is 4.66. The molecular weight excluding hydrogens is 341 g/mol. The zero-order chi connectivity index (χ0) is 15.6. The fourth-order valence-corrected chi connectivity index (χ4v) is 3.14. The molecule has 1 amide bonds. The number of aliphatic carboxylic acids is 1. The number of nitrogens with one attached hydrogen (secondary N) is 1. The van der Waals surface area contributed by atoms with Crippen molar-refractivity contribution in [2.24, 2.45) is 5.92 Å². The monoisotopic (exact) mass is 357 g/mol. The molecule has 2 N–H and O–H groups in total. The second kappa shape index (κ2) is 6.13. The molecular formula is C15H17BrFNO3. The van der Waals surface area contributed by atoms with Gasteiger partial charge >= 0.3 is 5.97 Å². The number of halogens is 2. The van der Waals surface area contributed by atoms with Gasteiger partial charge in [0.25, 0.3) is 5.91 Å². The zero-order valence-electron chi connectivity index (χ0n) is 11.7. The van der Waals surface area contributed by atoms with E-state index < -0.39 is 23.2 Å². The van der Waals surface area contributed by atoms with E-state index in [4.69, 9.17) is 0 Å². The molecule has 4 nitrogen and oxygen atoms in total. The minimum Gasteiger partial charge on any atom is -0.480 e. The standard InChI is InChI=1S/C15H17BrFNO3/c1-9-4-6-15(7-5-9,14(20)21)18-13(19)11-3-2-10(17)8-12(11)16/h2-3,8-9H,4-7H2,1H3,(H,18,19)(H,20,21). The van der Waals surface area contributed by atoms with E-state index in [1.807, 2.05) is 0 Å². The van der Waals surface area contributed by atoms with Crippen molar-refractivity contribution >= 4 is 27.8 Å². The molecule has 6 heteroatoms. The van der Waals surface area contributed by atoms with Crippen LogP contribution in [0, 0.1) is 11.7 Å². The predicted molar refractivity (Wildman–Crippen MR) is 79.6 cm³/mol. The maximum Gasteiger partial charge on any atom is 0.329 e. The van der Waals surface area contributed by atoms with E-state index in [9.17, 15) is 19.1 Å². The Hall–Kier alpha value is -1.43. The Morgan fingerprint density at radius 3 is 2.52 bits per heavy atom. The van der Waals surface area contributed by atoms with Gasteiger partial charge in [0.15, 0.2) is 0 Å². The SMILES string of the molecule is CC1CCC(NC(=O)c2ccc(F)cc2Br)(C(=O)O)CC1. The lowest BCUT2D eigenvalue weighted by Crippen LogP contribution is -2.56. The second-order valence-corrected chi connectivity index (χ2v) is 6.50. The van der Waals surface area contributed by atoms with Crippen LogP contribution >= 0.6 is 15.9 Å². The van der Waals surface area contributed by atoms with Crippen LogP contribution in [0.2, 0.25) is 0 Å². The number of hydrogen-bond acceptors (Lipinski definition) is 2. The van der Waals surface area contributed by atoms with Gasteiger partial charge in [-0.3, -0.25) is 4.79 Å². The van der Waals surface area contributed by atoms with Gasteiger partial charge in [0.05, 0.1) is 5.56 Å². The molecule has 1 fully saturated rings. The Morgan fingerprint density at radius 2 is 2.00 bits per heavy atom. The first-order chi connectivity index (χ1) is 9.84. The van der Waals surface area contributed by atoms with Gasteiger partial charge in [-0.1, -0.05) is 6.92 Å². The number of rotatable bonds is 3. The van der Waals surface area contributed by atoms with Crippen molar-refractivity contribution in [1.82, 2.24) is 5.32 Å². The molecule has 1 aliphatic carbocycles. The molecule has 1 aliphatic rings. The summed E-state index contributed by atoms with van der Waals surface area (Å²) in [5.74, 6) is -1.51. The summed E-state index contributed by atoms with van der Waals surface area (Å²) in [6.45, 7) is 2.07. The lowest BCUT2D eigenvalue weighted by atomic mass is 9.77. The first-order valence-electron chi connectivity index (χ1n) is 6.85. The summed E-state index contributed by atoms with van der Waals surface area (Å²) in [5, 5.41) is 12.1. The smallest absolute Gasteiger partial charge is 0.329 e. The Balaban J connectivity index is 2.21. The first kappa shape index (κ1) is 15.9. The van der Waals surface area contributed by atoms with Crippen molar-refractivity contribution in [2.45, 2.75) is 38.1 Å². The molecule has 0 saturated heterocycles. The van der Waals surface area contributed by atoms with Crippen molar-refractivity contribution < 1.29 is 19.1 Å². The summed E-state index contributed by atoms with van der Waals surface area (Å²) in [7, 11) is 0. The molecule has 114 valence electrons. The van der Waals surface area contributed by atoms with Crippen LogP contribution in [0.3, 0.4) is 0 Å². The van der Waals surface area contributed by atoms with Crippen LogP contribution in [-0.4, -0.2) is 22.5 Å². The molecule has 0 radical (unpaired) electrons. The van der Waals surface area contributed by atoms with Crippen LogP contribution in [0.25, 0.3) is 0 Å². The van der Waals surface area contributed by atoms with E-state index in [-0.39, 0.29) is 5.56 Å². The van der Waals surface area contributed by atoms with Crippen molar-refractivity contribution in [3.8, 4) is 0 Å². The third-order valence-corrected chi connectivity index (χ3v) is 4.72. The maximum atomic E-state index is 13.1. The van der Waals surface area contributed by atoms with Gasteiger partial charge in [-0.05, 0) is 65.7 Å². The number of carbonyl (C=O) groups is 2. The molecule has 1 aromatic rings. The Bertz CT molecular complexity index is 568. The van der Waals surface area contributed by atoms with E-state index in [2.05, 4.69) is 28.2 Å². The highest BCUT2D eigenvalue weighted by Crippen LogP contribution is 2.32. The highest BCUT2D eigenvalue weighted by Gasteiger charge is 2.42. The highest BCUT2D eigenvalue weighted by molar-refractivity contribution is 9.10. The molecule has 0 heterocycles. The molecule has 2 rings (SSSR count). The highest BCUT2D eigenvalue weighted by atomic mass is 79.9. The third kappa shape index (κ3) is 3.43. The Morgan fingerprint density at radius 1 is 1.38 bits per heavy atom. The number of amides is 1. The molecule has 1 aromatic carbocycles. The number of benzene rings is 1. The fraction of sp³-hybridized carbons (Fsp3) is 0.467. The lowest BCUT2D eigenvalue weighted by Gasteiger charge is -2.36. The quantitative estimate of drug-likeness (QED) is 0.871. The van der Waals surface area contributed by atoms with Crippen LogP contribution in [0.15, 0.2) is 22.7 Å². The molecule has 0 unspecified atom stereocenters. The van der Waals surface area contributed by atoms with E-state index >= 15 is 0 Å².